The number of halogens is 2. The number of rotatable bonds is 4. The Bertz CT molecular complexity index is 396. The van der Waals surface area contributed by atoms with Gasteiger partial charge in [-0.3, -0.25) is 4.79 Å². The number of hydrogen-bond acceptors (Lipinski definition) is 2. The lowest BCUT2D eigenvalue weighted by atomic mass is 10.1. The molecule has 0 aromatic heterocycles. The standard InChI is InChI=1S/C12H16F2N2O/c1-8-6-9(13)11(10(14)7-8)12(17)15-4-5-16(2)3/h6-7H,4-5H2,1-3H3,(H,15,17). The minimum absolute atomic E-state index is 0.346. The van der Waals surface area contributed by atoms with Crippen LogP contribution in [-0.4, -0.2) is 38.0 Å². The lowest BCUT2D eigenvalue weighted by Gasteiger charge is -2.11. The average Bonchev–Trinajstić information content (AvgIpc) is 2.14. The third kappa shape index (κ3) is 3.78. The summed E-state index contributed by atoms with van der Waals surface area (Å²) in [4.78, 5) is 13.4. The molecule has 0 aliphatic heterocycles. The van der Waals surface area contributed by atoms with E-state index < -0.39 is 23.1 Å². The molecule has 0 heterocycles. The molecule has 17 heavy (non-hydrogen) atoms. The molecular formula is C12H16F2N2O. The number of nitrogens with zero attached hydrogens (tertiary/aromatic N) is 1. The van der Waals surface area contributed by atoms with Crippen LogP contribution in [0.2, 0.25) is 0 Å². The number of carbonyl (C=O) groups is 1. The molecule has 1 aromatic carbocycles. The molecule has 1 amide bonds. The molecule has 5 heteroatoms. The molecule has 1 aromatic rings. The summed E-state index contributed by atoms with van der Waals surface area (Å²) in [5.41, 5.74) is -0.0702. The summed E-state index contributed by atoms with van der Waals surface area (Å²) in [6, 6.07) is 2.29. The first kappa shape index (κ1) is 13.6. The van der Waals surface area contributed by atoms with E-state index in [0.717, 1.165) is 12.1 Å². The van der Waals surface area contributed by atoms with Crippen LogP contribution in [0.1, 0.15) is 15.9 Å². The zero-order valence-electron chi connectivity index (χ0n) is 10.2. The molecule has 0 aliphatic rings. The molecule has 94 valence electrons. The zero-order chi connectivity index (χ0) is 13.0. The molecule has 3 nitrogen and oxygen atoms in total. The minimum atomic E-state index is -0.829. The van der Waals surface area contributed by atoms with Crippen molar-refractivity contribution in [1.29, 1.82) is 0 Å². The molecule has 0 fully saturated rings. The van der Waals surface area contributed by atoms with Crippen LogP contribution in [0, 0.1) is 18.6 Å². The van der Waals surface area contributed by atoms with E-state index in [0.29, 0.717) is 18.7 Å². The molecule has 0 saturated heterocycles. The first-order valence-electron chi connectivity index (χ1n) is 5.30. The number of carbonyl (C=O) groups excluding carboxylic acids is 1. The van der Waals surface area contributed by atoms with Gasteiger partial charge in [0.05, 0.1) is 0 Å². The lowest BCUT2D eigenvalue weighted by Crippen LogP contribution is -2.32. The van der Waals surface area contributed by atoms with Crippen molar-refractivity contribution in [2.45, 2.75) is 6.92 Å². The summed E-state index contributed by atoms with van der Waals surface area (Å²) in [5, 5.41) is 2.47. The highest BCUT2D eigenvalue weighted by molar-refractivity contribution is 5.94. The summed E-state index contributed by atoms with van der Waals surface area (Å²) < 4.78 is 26.9. The smallest absolute Gasteiger partial charge is 0.257 e. The predicted molar refractivity (Wildman–Crippen MR) is 62.0 cm³/mol. The molecule has 0 atom stereocenters. The van der Waals surface area contributed by atoms with E-state index >= 15 is 0 Å². The van der Waals surface area contributed by atoms with Gasteiger partial charge in [0.1, 0.15) is 17.2 Å². The Hall–Kier alpha value is -1.49. The van der Waals surface area contributed by atoms with Gasteiger partial charge < -0.3 is 10.2 Å². The predicted octanol–water partition coefficient (Wildman–Crippen LogP) is 1.56. The maximum atomic E-state index is 13.4. The molecule has 1 N–H and O–H groups in total. The molecule has 1 rings (SSSR count). The Labute approximate surface area is 99.4 Å². The van der Waals surface area contributed by atoms with Gasteiger partial charge in [-0.2, -0.15) is 0 Å². The van der Waals surface area contributed by atoms with Gasteiger partial charge in [-0.05, 0) is 38.7 Å². The van der Waals surface area contributed by atoms with Crippen LogP contribution in [0.5, 0.6) is 0 Å². The van der Waals surface area contributed by atoms with E-state index in [2.05, 4.69) is 5.32 Å². The van der Waals surface area contributed by atoms with Crippen LogP contribution in [0.4, 0.5) is 8.78 Å². The summed E-state index contributed by atoms with van der Waals surface area (Å²) in [5.74, 6) is -2.38. The van der Waals surface area contributed by atoms with Gasteiger partial charge >= 0.3 is 0 Å². The monoisotopic (exact) mass is 242 g/mol. The third-order valence-corrected chi connectivity index (χ3v) is 2.26. The molecule has 0 aliphatic carbocycles. The van der Waals surface area contributed by atoms with Gasteiger partial charge in [0.15, 0.2) is 0 Å². The van der Waals surface area contributed by atoms with Crippen molar-refractivity contribution in [1.82, 2.24) is 10.2 Å². The molecule has 0 bridgehead atoms. The van der Waals surface area contributed by atoms with Crippen molar-refractivity contribution in [3.8, 4) is 0 Å². The van der Waals surface area contributed by atoms with E-state index in [4.69, 9.17) is 0 Å². The second kappa shape index (κ2) is 5.72. The van der Waals surface area contributed by atoms with Gasteiger partial charge in [0.2, 0.25) is 0 Å². The second-order valence-electron chi connectivity index (χ2n) is 4.16. The van der Waals surface area contributed by atoms with Gasteiger partial charge in [-0.1, -0.05) is 0 Å². The minimum Gasteiger partial charge on any atom is -0.351 e. The maximum Gasteiger partial charge on any atom is 0.257 e. The van der Waals surface area contributed by atoms with Gasteiger partial charge in [-0.15, -0.1) is 0 Å². The third-order valence-electron chi connectivity index (χ3n) is 2.26. The van der Waals surface area contributed by atoms with Crippen molar-refractivity contribution in [3.05, 3.63) is 34.9 Å². The van der Waals surface area contributed by atoms with Crippen LogP contribution in [0.25, 0.3) is 0 Å². The zero-order valence-corrected chi connectivity index (χ0v) is 10.2. The fraction of sp³-hybridized carbons (Fsp3) is 0.417. The Balaban J connectivity index is 2.76. The van der Waals surface area contributed by atoms with E-state index in [1.165, 1.54) is 0 Å². The van der Waals surface area contributed by atoms with Crippen LogP contribution >= 0.6 is 0 Å². The van der Waals surface area contributed by atoms with Gasteiger partial charge in [0.25, 0.3) is 5.91 Å². The van der Waals surface area contributed by atoms with Crippen molar-refractivity contribution in [2.75, 3.05) is 27.2 Å². The highest BCUT2D eigenvalue weighted by atomic mass is 19.1. The Morgan fingerprint density at radius 2 is 1.82 bits per heavy atom. The summed E-state index contributed by atoms with van der Waals surface area (Å²) >= 11 is 0. The quantitative estimate of drug-likeness (QED) is 0.869. The Morgan fingerprint density at radius 3 is 2.29 bits per heavy atom. The number of aryl methyl sites for hydroxylation is 1. The summed E-state index contributed by atoms with van der Waals surface area (Å²) in [6.45, 7) is 2.53. The van der Waals surface area contributed by atoms with Crippen molar-refractivity contribution >= 4 is 5.91 Å². The first-order chi connectivity index (χ1) is 7.91. The normalized spacial score (nSPS) is 10.7. The second-order valence-corrected chi connectivity index (χ2v) is 4.16. The average molecular weight is 242 g/mol. The number of hydrogen-bond donors (Lipinski definition) is 1. The summed E-state index contributed by atoms with van der Waals surface area (Å²) in [7, 11) is 3.69. The van der Waals surface area contributed by atoms with Crippen LogP contribution in [0.15, 0.2) is 12.1 Å². The van der Waals surface area contributed by atoms with Crippen molar-refractivity contribution < 1.29 is 13.6 Å². The SMILES string of the molecule is Cc1cc(F)c(C(=O)NCCN(C)C)c(F)c1. The van der Waals surface area contributed by atoms with E-state index in [1.54, 1.807) is 6.92 Å². The highest BCUT2D eigenvalue weighted by Crippen LogP contribution is 2.14. The summed E-state index contributed by atoms with van der Waals surface area (Å²) in [6.07, 6.45) is 0. The molecule has 0 radical (unpaired) electrons. The van der Waals surface area contributed by atoms with Gasteiger partial charge in [0, 0.05) is 13.1 Å². The molecule has 0 saturated carbocycles. The van der Waals surface area contributed by atoms with Crippen LogP contribution in [0.3, 0.4) is 0 Å². The largest absolute Gasteiger partial charge is 0.351 e. The van der Waals surface area contributed by atoms with Crippen molar-refractivity contribution in [3.63, 3.8) is 0 Å². The van der Waals surface area contributed by atoms with Crippen LogP contribution < -0.4 is 5.32 Å². The lowest BCUT2D eigenvalue weighted by molar-refractivity contribution is 0.0942. The number of amides is 1. The fourth-order valence-corrected chi connectivity index (χ4v) is 1.40. The van der Waals surface area contributed by atoms with Crippen molar-refractivity contribution in [2.24, 2.45) is 0 Å². The molecule has 0 spiro atoms. The van der Waals surface area contributed by atoms with E-state index in [1.807, 2.05) is 19.0 Å². The topological polar surface area (TPSA) is 32.3 Å². The highest BCUT2D eigenvalue weighted by Gasteiger charge is 2.17. The Morgan fingerprint density at radius 1 is 1.29 bits per heavy atom. The first-order valence-corrected chi connectivity index (χ1v) is 5.30. The fourth-order valence-electron chi connectivity index (χ4n) is 1.40. The van der Waals surface area contributed by atoms with Gasteiger partial charge in [-0.25, -0.2) is 8.78 Å². The number of likely N-dealkylation sites (N-methyl/N-ethyl adjacent to an activating group) is 1. The van der Waals surface area contributed by atoms with Crippen LogP contribution in [-0.2, 0) is 0 Å². The Kier molecular flexibility index (Phi) is 4.57. The molecular weight excluding hydrogens is 226 g/mol. The molecule has 0 unspecified atom stereocenters. The van der Waals surface area contributed by atoms with E-state index in [-0.39, 0.29) is 0 Å². The van der Waals surface area contributed by atoms with E-state index in [9.17, 15) is 13.6 Å². The maximum absolute atomic E-state index is 13.4. The number of nitrogens with one attached hydrogen (secondary N) is 1. The number of benzene rings is 1.